The smallest absolute Gasteiger partial charge is 0.416 e. The molecule has 3 rings (SSSR count). The standard InChI is InChI=1S/C20H18F3NOS/c1-12-11-14(3-9-17(12)25)4-10-18-13(2)24-19(26-18)15-5-7-16(8-6-15)20(21,22)23/h3,5-9,11,25H,4,10H2,1-2H3. The van der Waals surface area contributed by atoms with Crippen LogP contribution in [0.3, 0.4) is 0 Å². The number of aryl methyl sites for hydroxylation is 4. The number of aromatic hydroxyl groups is 1. The Balaban J connectivity index is 1.75. The first-order valence-electron chi connectivity index (χ1n) is 8.16. The molecule has 2 nitrogen and oxygen atoms in total. The zero-order valence-electron chi connectivity index (χ0n) is 14.4. The summed E-state index contributed by atoms with van der Waals surface area (Å²) in [4.78, 5) is 5.63. The summed E-state index contributed by atoms with van der Waals surface area (Å²) in [6.45, 7) is 3.78. The van der Waals surface area contributed by atoms with Gasteiger partial charge in [-0.1, -0.05) is 24.3 Å². The van der Waals surface area contributed by atoms with Gasteiger partial charge < -0.3 is 5.11 Å². The van der Waals surface area contributed by atoms with Gasteiger partial charge in [-0.15, -0.1) is 11.3 Å². The van der Waals surface area contributed by atoms with E-state index in [1.807, 2.05) is 26.0 Å². The van der Waals surface area contributed by atoms with Crippen molar-refractivity contribution in [1.29, 1.82) is 0 Å². The van der Waals surface area contributed by atoms with E-state index in [2.05, 4.69) is 4.98 Å². The molecule has 1 heterocycles. The molecule has 0 atom stereocenters. The normalized spacial score (nSPS) is 11.7. The summed E-state index contributed by atoms with van der Waals surface area (Å²) in [5.41, 5.74) is 2.91. The second kappa shape index (κ2) is 7.11. The zero-order chi connectivity index (χ0) is 18.9. The molecule has 0 saturated heterocycles. The number of benzene rings is 2. The minimum absolute atomic E-state index is 0.285. The molecule has 0 aliphatic heterocycles. The van der Waals surface area contributed by atoms with Crippen LogP contribution in [0.25, 0.3) is 10.6 Å². The summed E-state index contributed by atoms with van der Waals surface area (Å²) >= 11 is 1.51. The van der Waals surface area contributed by atoms with Crippen LogP contribution in [-0.2, 0) is 19.0 Å². The van der Waals surface area contributed by atoms with Crippen molar-refractivity contribution >= 4 is 11.3 Å². The number of hydrogen-bond acceptors (Lipinski definition) is 3. The van der Waals surface area contributed by atoms with Gasteiger partial charge in [0.15, 0.2) is 0 Å². The predicted molar refractivity (Wildman–Crippen MR) is 97.5 cm³/mol. The predicted octanol–water partition coefficient (Wildman–Crippen LogP) is 5.94. The molecule has 0 radical (unpaired) electrons. The van der Waals surface area contributed by atoms with Gasteiger partial charge in [-0.25, -0.2) is 4.98 Å². The van der Waals surface area contributed by atoms with E-state index >= 15 is 0 Å². The van der Waals surface area contributed by atoms with Crippen LogP contribution in [0.2, 0.25) is 0 Å². The highest BCUT2D eigenvalue weighted by Gasteiger charge is 2.30. The van der Waals surface area contributed by atoms with Gasteiger partial charge in [0, 0.05) is 10.4 Å². The van der Waals surface area contributed by atoms with Crippen LogP contribution in [0.4, 0.5) is 13.2 Å². The number of phenolic OH excluding ortho intramolecular Hbond substituents is 1. The Kier molecular flexibility index (Phi) is 5.05. The van der Waals surface area contributed by atoms with Crippen LogP contribution >= 0.6 is 11.3 Å². The maximum Gasteiger partial charge on any atom is 0.416 e. The Morgan fingerprint density at radius 3 is 2.31 bits per heavy atom. The Morgan fingerprint density at radius 1 is 1.00 bits per heavy atom. The molecule has 1 N–H and O–H groups in total. The summed E-state index contributed by atoms with van der Waals surface area (Å²) in [5.74, 6) is 0.285. The van der Waals surface area contributed by atoms with Crippen molar-refractivity contribution in [1.82, 2.24) is 4.98 Å². The molecular formula is C20H18F3NOS. The van der Waals surface area contributed by atoms with E-state index in [4.69, 9.17) is 0 Å². The number of phenols is 1. The highest BCUT2D eigenvalue weighted by atomic mass is 32.1. The Bertz CT molecular complexity index is 914. The number of thiazole rings is 1. The van der Waals surface area contributed by atoms with E-state index < -0.39 is 11.7 Å². The van der Waals surface area contributed by atoms with Crippen LogP contribution in [0.5, 0.6) is 5.75 Å². The lowest BCUT2D eigenvalue weighted by molar-refractivity contribution is -0.137. The first kappa shape index (κ1) is 18.5. The highest BCUT2D eigenvalue weighted by Crippen LogP contribution is 2.33. The molecule has 26 heavy (non-hydrogen) atoms. The van der Waals surface area contributed by atoms with E-state index in [1.165, 1.54) is 23.5 Å². The molecule has 0 bridgehead atoms. The molecular weight excluding hydrogens is 359 g/mol. The van der Waals surface area contributed by atoms with Crippen molar-refractivity contribution in [2.75, 3.05) is 0 Å². The van der Waals surface area contributed by atoms with Crippen molar-refractivity contribution in [3.05, 3.63) is 69.7 Å². The second-order valence-electron chi connectivity index (χ2n) is 6.22. The fourth-order valence-electron chi connectivity index (χ4n) is 2.72. The minimum atomic E-state index is -4.33. The van der Waals surface area contributed by atoms with E-state index in [-0.39, 0.29) is 5.75 Å². The molecule has 2 aromatic carbocycles. The third-order valence-corrected chi connectivity index (χ3v) is 5.52. The van der Waals surface area contributed by atoms with Crippen LogP contribution in [0.1, 0.15) is 27.3 Å². The number of alkyl halides is 3. The average Bonchev–Trinajstić information content (AvgIpc) is 2.96. The van der Waals surface area contributed by atoms with Crippen LogP contribution in [-0.4, -0.2) is 10.1 Å². The van der Waals surface area contributed by atoms with E-state index in [0.717, 1.165) is 51.7 Å². The number of rotatable bonds is 4. The monoisotopic (exact) mass is 377 g/mol. The van der Waals surface area contributed by atoms with Crippen molar-refractivity contribution < 1.29 is 18.3 Å². The lowest BCUT2D eigenvalue weighted by atomic mass is 10.1. The van der Waals surface area contributed by atoms with Crippen molar-refractivity contribution in [2.24, 2.45) is 0 Å². The summed E-state index contributed by atoms with van der Waals surface area (Å²) in [5, 5.41) is 10.3. The summed E-state index contributed by atoms with van der Waals surface area (Å²) in [7, 11) is 0. The van der Waals surface area contributed by atoms with Crippen LogP contribution in [0, 0.1) is 13.8 Å². The molecule has 1 aromatic heterocycles. The van der Waals surface area contributed by atoms with Gasteiger partial charge in [-0.05, 0) is 56.0 Å². The summed E-state index contributed by atoms with van der Waals surface area (Å²) in [6, 6.07) is 10.7. The maximum atomic E-state index is 12.7. The Hall–Kier alpha value is -2.34. The number of halogens is 3. The van der Waals surface area contributed by atoms with Crippen LogP contribution < -0.4 is 0 Å². The maximum absolute atomic E-state index is 12.7. The van der Waals surface area contributed by atoms with Gasteiger partial charge in [0.25, 0.3) is 0 Å². The molecule has 0 unspecified atom stereocenters. The lowest BCUT2D eigenvalue weighted by Gasteiger charge is -2.06. The lowest BCUT2D eigenvalue weighted by Crippen LogP contribution is -2.03. The van der Waals surface area contributed by atoms with Gasteiger partial charge in [-0.3, -0.25) is 0 Å². The minimum Gasteiger partial charge on any atom is -0.508 e. The third kappa shape index (κ3) is 4.07. The zero-order valence-corrected chi connectivity index (χ0v) is 15.2. The molecule has 0 aliphatic carbocycles. The van der Waals surface area contributed by atoms with Gasteiger partial charge in [0.2, 0.25) is 0 Å². The average molecular weight is 377 g/mol. The number of aromatic nitrogens is 1. The molecule has 136 valence electrons. The van der Waals surface area contributed by atoms with E-state index in [1.54, 1.807) is 6.07 Å². The SMILES string of the molecule is Cc1cc(CCc2sc(-c3ccc(C(F)(F)F)cc3)nc2C)ccc1O. The molecule has 0 amide bonds. The van der Waals surface area contributed by atoms with E-state index in [9.17, 15) is 18.3 Å². The molecule has 0 spiro atoms. The molecule has 0 saturated carbocycles. The quantitative estimate of drug-likeness (QED) is 0.611. The topological polar surface area (TPSA) is 33.1 Å². The Labute approximate surface area is 154 Å². The molecule has 3 aromatic rings. The molecule has 0 fully saturated rings. The third-order valence-electron chi connectivity index (χ3n) is 4.25. The Morgan fingerprint density at radius 2 is 1.69 bits per heavy atom. The van der Waals surface area contributed by atoms with Crippen molar-refractivity contribution in [3.63, 3.8) is 0 Å². The van der Waals surface area contributed by atoms with Gasteiger partial charge in [0.05, 0.1) is 11.3 Å². The largest absolute Gasteiger partial charge is 0.508 e. The van der Waals surface area contributed by atoms with Gasteiger partial charge in [0.1, 0.15) is 10.8 Å². The van der Waals surface area contributed by atoms with Gasteiger partial charge in [-0.2, -0.15) is 13.2 Å². The fraction of sp³-hybridized carbons (Fsp3) is 0.250. The number of hydrogen-bond donors (Lipinski definition) is 1. The van der Waals surface area contributed by atoms with E-state index in [0.29, 0.717) is 5.56 Å². The first-order chi connectivity index (χ1) is 12.2. The van der Waals surface area contributed by atoms with Crippen molar-refractivity contribution in [3.8, 4) is 16.3 Å². The fourth-order valence-corrected chi connectivity index (χ4v) is 3.78. The molecule has 6 heteroatoms. The summed E-state index contributed by atoms with van der Waals surface area (Å²) in [6.07, 6.45) is -2.71. The molecule has 0 aliphatic rings. The van der Waals surface area contributed by atoms with Gasteiger partial charge >= 0.3 is 6.18 Å². The van der Waals surface area contributed by atoms with Crippen LogP contribution in [0.15, 0.2) is 42.5 Å². The van der Waals surface area contributed by atoms with Crippen molar-refractivity contribution in [2.45, 2.75) is 32.9 Å². The highest BCUT2D eigenvalue weighted by molar-refractivity contribution is 7.15. The summed E-state index contributed by atoms with van der Waals surface area (Å²) < 4.78 is 38.0. The second-order valence-corrected chi connectivity index (χ2v) is 7.31. The number of nitrogens with zero attached hydrogens (tertiary/aromatic N) is 1. The first-order valence-corrected chi connectivity index (χ1v) is 8.98.